The van der Waals surface area contributed by atoms with Gasteiger partial charge in [-0.1, -0.05) is 25.1 Å². The van der Waals surface area contributed by atoms with Crippen LogP contribution in [0.4, 0.5) is 0 Å². The largest absolute Gasteiger partial charge is 0.465 e. The number of nitrogens with zero attached hydrogens (tertiary/aromatic N) is 2. The third-order valence-electron chi connectivity index (χ3n) is 6.76. The third kappa shape index (κ3) is 4.52. The molecular weight excluding hydrogens is 450 g/mol. The van der Waals surface area contributed by atoms with Crippen molar-refractivity contribution in [2.45, 2.75) is 38.6 Å². The van der Waals surface area contributed by atoms with E-state index in [1.807, 2.05) is 42.5 Å². The van der Waals surface area contributed by atoms with Crippen molar-refractivity contribution in [3.05, 3.63) is 65.2 Å². The highest BCUT2D eigenvalue weighted by molar-refractivity contribution is 7.88. The molecule has 0 spiro atoms. The maximum atomic E-state index is 13.7. The van der Waals surface area contributed by atoms with E-state index < -0.39 is 10.0 Å². The molecule has 178 valence electrons. The van der Waals surface area contributed by atoms with Crippen molar-refractivity contribution in [2.24, 2.45) is 5.92 Å². The summed E-state index contributed by atoms with van der Waals surface area (Å²) in [6.45, 7) is 3.04. The standard InChI is InChI=1S/C26H29N3O4S/c1-17-14-18(16-20-6-5-13-33-20)25-22(15-17)24(21-7-3-4-8-23(21)28-25)26(30)27-19-9-11-29(12-10-19)34(2,31)32/h3-8,13,16-17,19H,9-12,14-15H2,1-2H3,(H,27,30)/b18-16+. The first-order valence-electron chi connectivity index (χ1n) is 11.7. The lowest BCUT2D eigenvalue weighted by Gasteiger charge is -2.31. The number of para-hydroxylation sites is 1. The minimum atomic E-state index is -3.21. The molecule has 8 heteroatoms. The van der Waals surface area contributed by atoms with Crippen LogP contribution in [0.5, 0.6) is 0 Å². The van der Waals surface area contributed by atoms with Crippen molar-refractivity contribution in [3.63, 3.8) is 0 Å². The number of sulfonamides is 1. The number of hydrogen-bond acceptors (Lipinski definition) is 5. The number of hydrogen-bond donors (Lipinski definition) is 1. The predicted octanol–water partition coefficient (Wildman–Crippen LogP) is 4.10. The average Bonchev–Trinajstić information content (AvgIpc) is 3.30. The summed E-state index contributed by atoms with van der Waals surface area (Å²) in [4.78, 5) is 18.7. The normalized spacial score (nSPS) is 21.0. The monoisotopic (exact) mass is 479 g/mol. The van der Waals surface area contributed by atoms with Gasteiger partial charge < -0.3 is 9.73 Å². The van der Waals surface area contributed by atoms with Crippen LogP contribution in [0, 0.1) is 5.92 Å². The highest BCUT2D eigenvalue weighted by atomic mass is 32.2. The molecule has 1 unspecified atom stereocenters. The van der Waals surface area contributed by atoms with Crippen LogP contribution in [0.3, 0.4) is 0 Å². The fourth-order valence-electron chi connectivity index (χ4n) is 5.13. The highest BCUT2D eigenvalue weighted by Gasteiger charge is 2.30. The van der Waals surface area contributed by atoms with Crippen molar-refractivity contribution in [2.75, 3.05) is 19.3 Å². The van der Waals surface area contributed by atoms with E-state index in [0.717, 1.165) is 46.3 Å². The van der Waals surface area contributed by atoms with Crippen molar-refractivity contribution >= 4 is 38.5 Å². The first-order chi connectivity index (χ1) is 16.3. The van der Waals surface area contributed by atoms with E-state index in [0.29, 0.717) is 37.4 Å². The van der Waals surface area contributed by atoms with Crippen LogP contribution in [0.25, 0.3) is 22.6 Å². The summed E-state index contributed by atoms with van der Waals surface area (Å²) in [5.74, 6) is 1.02. The molecule has 0 radical (unpaired) electrons. The lowest BCUT2D eigenvalue weighted by molar-refractivity contribution is 0.0924. The number of piperidine rings is 1. The number of rotatable bonds is 4. The summed E-state index contributed by atoms with van der Waals surface area (Å²) < 4.78 is 30.7. The molecule has 1 saturated heterocycles. The molecule has 7 nitrogen and oxygen atoms in total. The molecule has 3 heterocycles. The highest BCUT2D eigenvalue weighted by Crippen LogP contribution is 2.38. The molecule has 1 N–H and O–H groups in total. The summed E-state index contributed by atoms with van der Waals surface area (Å²) in [6, 6.07) is 11.5. The van der Waals surface area contributed by atoms with Gasteiger partial charge in [0.2, 0.25) is 10.0 Å². The van der Waals surface area contributed by atoms with E-state index in [9.17, 15) is 13.2 Å². The van der Waals surface area contributed by atoms with Gasteiger partial charge in [-0.3, -0.25) is 4.79 Å². The zero-order chi connectivity index (χ0) is 23.9. The number of nitrogens with one attached hydrogen (secondary N) is 1. The Hall–Kier alpha value is -2.97. The number of benzene rings is 1. The Morgan fingerprint density at radius 2 is 1.91 bits per heavy atom. The van der Waals surface area contributed by atoms with Gasteiger partial charge in [0.05, 0.1) is 29.3 Å². The molecule has 1 amide bonds. The molecule has 1 fully saturated rings. The SMILES string of the molecule is CC1C/C(=C\c2ccco2)c2nc3ccccc3c(C(=O)NC3CCN(S(C)(=O)=O)CC3)c2C1. The fraction of sp³-hybridized carbons (Fsp3) is 0.385. The number of fused-ring (bicyclic) bond motifs is 2. The molecule has 1 aliphatic heterocycles. The molecule has 5 rings (SSSR count). The van der Waals surface area contributed by atoms with Crippen LogP contribution < -0.4 is 5.32 Å². The number of allylic oxidation sites excluding steroid dienone is 1. The van der Waals surface area contributed by atoms with Crippen LogP contribution in [0.15, 0.2) is 47.1 Å². The van der Waals surface area contributed by atoms with E-state index in [4.69, 9.17) is 9.40 Å². The lowest BCUT2D eigenvalue weighted by atomic mass is 9.80. The van der Waals surface area contributed by atoms with E-state index in [1.165, 1.54) is 10.6 Å². The van der Waals surface area contributed by atoms with Crippen molar-refractivity contribution in [1.29, 1.82) is 0 Å². The summed E-state index contributed by atoms with van der Waals surface area (Å²) in [5, 5.41) is 4.04. The van der Waals surface area contributed by atoms with Gasteiger partial charge in [-0.25, -0.2) is 17.7 Å². The molecular formula is C26H29N3O4S. The van der Waals surface area contributed by atoms with E-state index in [-0.39, 0.29) is 11.9 Å². The van der Waals surface area contributed by atoms with E-state index >= 15 is 0 Å². The number of aromatic nitrogens is 1. The second-order valence-corrected chi connectivity index (χ2v) is 11.4. The number of amides is 1. The smallest absolute Gasteiger partial charge is 0.252 e. The Morgan fingerprint density at radius 1 is 1.15 bits per heavy atom. The maximum absolute atomic E-state index is 13.7. The third-order valence-corrected chi connectivity index (χ3v) is 8.07. The Bertz CT molecular complexity index is 1350. The molecule has 2 aromatic heterocycles. The average molecular weight is 480 g/mol. The summed E-state index contributed by atoms with van der Waals surface area (Å²) in [6.07, 6.45) is 7.76. The minimum absolute atomic E-state index is 0.0628. The first kappa shape index (κ1) is 22.8. The lowest BCUT2D eigenvalue weighted by Crippen LogP contribution is -2.46. The molecule has 1 atom stereocenters. The van der Waals surface area contributed by atoms with Gasteiger partial charge in [0.15, 0.2) is 0 Å². The van der Waals surface area contributed by atoms with Gasteiger partial charge in [-0.15, -0.1) is 0 Å². The van der Waals surface area contributed by atoms with Gasteiger partial charge in [0.25, 0.3) is 5.91 Å². The number of carbonyl (C=O) groups is 1. The summed E-state index contributed by atoms with van der Waals surface area (Å²) in [7, 11) is -3.21. The molecule has 0 saturated carbocycles. The number of pyridine rings is 1. The van der Waals surface area contributed by atoms with Gasteiger partial charge in [0.1, 0.15) is 5.76 Å². The number of carbonyl (C=O) groups excluding carboxylic acids is 1. The zero-order valence-corrected chi connectivity index (χ0v) is 20.3. The molecule has 3 aromatic rings. The van der Waals surface area contributed by atoms with Gasteiger partial charge in [-0.2, -0.15) is 0 Å². The van der Waals surface area contributed by atoms with Crippen LogP contribution in [-0.2, 0) is 16.4 Å². The molecule has 2 aliphatic rings. The Labute approximate surface area is 199 Å². The summed E-state index contributed by atoms with van der Waals surface area (Å²) in [5.41, 5.74) is 4.39. The van der Waals surface area contributed by atoms with E-state index in [1.54, 1.807) is 6.26 Å². The van der Waals surface area contributed by atoms with Crippen LogP contribution in [0.2, 0.25) is 0 Å². The van der Waals surface area contributed by atoms with Crippen LogP contribution in [0.1, 0.15) is 53.6 Å². The first-order valence-corrected chi connectivity index (χ1v) is 13.6. The van der Waals surface area contributed by atoms with Crippen LogP contribution in [-0.4, -0.2) is 49.0 Å². The topological polar surface area (TPSA) is 92.5 Å². The van der Waals surface area contributed by atoms with Gasteiger partial charge in [-0.05, 0) is 67.0 Å². The Kier molecular flexibility index (Phi) is 6.04. The molecule has 0 bridgehead atoms. The van der Waals surface area contributed by atoms with Crippen molar-refractivity contribution in [3.8, 4) is 0 Å². The predicted molar refractivity (Wildman–Crippen MR) is 133 cm³/mol. The Balaban J connectivity index is 1.52. The number of furan rings is 1. The Morgan fingerprint density at radius 3 is 2.62 bits per heavy atom. The maximum Gasteiger partial charge on any atom is 0.252 e. The minimum Gasteiger partial charge on any atom is -0.465 e. The van der Waals surface area contributed by atoms with E-state index in [2.05, 4.69) is 12.2 Å². The quantitative estimate of drug-likeness (QED) is 0.608. The molecule has 1 aromatic carbocycles. The zero-order valence-electron chi connectivity index (χ0n) is 19.5. The fourth-order valence-corrected chi connectivity index (χ4v) is 6.00. The van der Waals surface area contributed by atoms with Crippen molar-refractivity contribution < 1.29 is 17.6 Å². The second-order valence-electron chi connectivity index (χ2n) is 9.44. The molecule has 1 aliphatic carbocycles. The van der Waals surface area contributed by atoms with Crippen molar-refractivity contribution in [1.82, 2.24) is 14.6 Å². The summed E-state index contributed by atoms with van der Waals surface area (Å²) >= 11 is 0. The van der Waals surface area contributed by atoms with Gasteiger partial charge >= 0.3 is 0 Å². The molecule has 34 heavy (non-hydrogen) atoms. The van der Waals surface area contributed by atoms with Crippen LogP contribution >= 0.6 is 0 Å². The second kappa shape index (κ2) is 9.00. The van der Waals surface area contributed by atoms with Gasteiger partial charge in [0, 0.05) is 24.5 Å².